The van der Waals surface area contributed by atoms with Crippen molar-refractivity contribution in [3.63, 3.8) is 0 Å². The van der Waals surface area contributed by atoms with Crippen LogP contribution in [0.5, 0.6) is 0 Å². The number of likely N-dealkylation sites (tertiary alicyclic amines) is 1. The Balaban J connectivity index is 1.49. The molecular formula is C19H19N4O+. The number of rotatable bonds is 1. The number of piperidine rings is 1. The lowest BCUT2D eigenvalue weighted by Crippen LogP contribution is -2.46. The van der Waals surface area contributed by atoms with Crippen LogP contribution in [0, 0.1) is 0 Å². The molecule has 0 spiro atoms. The molecule has 1 aliphatic heterocycles. The van der Waals surface area contributed by atoms with Gasteiger partial charge in [0, 0.05) is 18.5 Å². The Hall–Kier alpha value is -2.69. The van der Waals surface area contributed by atoms with Crippen LogP contribution < -0.4 is 4.98 Å². The van der Waals surface area contributed by atoms with Crippen LogP contribution in [-0.4, -0.2) is 33.4 Å². The number of pyridine rings is 1. The highest BCUT2D eigenvalue weighted by Crippen LogP contribution is 2.42. The van der Waals surface area contributed by atoms with Gasteiger partial charge in [-0.25, -0.2) is 4.98 Å². The average Bonchev–Trinajstić information content (AvgIpc) is 3.24. The normalized spacial score (nSPS) is 22.4. The number of nitrogens with one attached hydrogen (secondary N) is 2. The van der Waals surface area contributed by atoms with E-state index in [4.69, 9.17) is 0 Å². The maximum atomic E-state index is 13.1. The number of imidazole rings is 1. The number of aromatic amines is 2. The van der Waals surface area contributed by atoms with Crippen LogP contribution in [0.3, 0.4) is 0 Å². The largest absolute Gasteiger partial charge is 0.335 e. The first-order chi connectivity index (χ1) is 11.8. The number of amides is 1. The van der Waals surface area contributed by atoms with Gasteiger partial charge in [-0.1, -0.05) is 24.3 Å². The maximum Gasteiger partial charge on any atom is 0.299 e. The van der Waals surface area contributed by atoms with Gasteiger partial charge in [-0.15, -0.1) is 4.98 Å². The average molecular weight is 319 g/mol. The highest BCUT2D eigenvalue weighted by atomic mass is 16.2. The lowest BCUT2D eigenvalue weighted by atomic mass is 9.88. The molecule has 5 heteroatoms. The molecule has 3 aromatic rings. The standard InChI is InChI=1S/C19H18N4O/c24-19(13-8-16-18(20-10-13)22-11-21-16)23-7-3-6-15-14-5-2-1-4-12(14)9-17(15)23/h1-2,4-5,8,10-11,15,17H,3,6-7,9H2,(H,20,21,22)/p+1/t15-,17+/m1/s1. The van der Waals surface area contributed by atoms with E-state index in [2.05, 4.69) is 44.1 Å². The molecule has 120 valence electrons. The molecule has 5 rings (SSSR count). The molecule has 5 nitrogen and oxygen atoms in total. The molecule has 0 saturated carbocycles. The fourth-order valence-electron chi connectivity index (χ4n) is 4.39. The second-order valence-corrected chi connectivity index (χ2v) is 6.77. The van der Waals surface area contributed by atoms with E-state index in [1.165, 1.54) is 17.5 Å². The van der Waals surface area contributed by atoms with E-state index in [0.29, 0.717) is 11.5 Å². The van der Waals surface area contributed by atoms with Gasteiger partial charge in [-0.05, 0) is 36.5 Å². The van der Waals surface area contributed by atoms with Crippen molar-refractivity contribution in [1.82, 2.24) is 14.9 Å². The number of hydrogen-bond acceptors (Lipinski definition) is 2. The van der Waals surface area contributed by atoms with E-state index < -0.39 is 0 Å². The number of hydrogen-bond donors (Lipinski definition) is 1. The van der Waals surface area contributed by atoms with Crippen molar-refractivity contribution in [3.8, 4) is 0 Å². The minimum atomic E-state index is 0.0986. The molecule has 1 aliphatic carbocycles. The van der Waals surface area contributed by atoms with E-state index in [1.54, 1.807) is 12.5 Å². The van der Waals surface area contributed by atoms with E-state index >= 15 is 0 Å². The van der Waals surface area contributed by atoms with Crippen LogP contribution in [-0.2, 0) is 6.42 Å². The third-order valence-electron chi connectivity index (χ3n) is 5.49. The number of H-pyrrole nitrogens is 2. The first-order valence-corrected chi connectivity index (χ1v) is 8.55. The van der Waals surface area contributed by atoms with Crippen LogP contribution in [0.1, 0.15) is 40.2 Å². The monoisotopic (exact) mass is 319 g/mol. The lowest BCUT2D eigenvalue weighted by Gasteiger charge is -2.38. The third-order valence-corrected chi connectivity index (χ3v) is 5.49. The zero-order chi connectivity index (χ0) is 16.1. The number of nitrogens with zero attached hydrogens (tertiary/aromatic N) is 2. The van der Waals surface area contributed by atoms with Crippen LogP contribution in [0.4, 0.5) is 0 Å². The third kappa shape index (κ3) is 1.97. The topological polar surface area (TPSA) is 63.1 Å². The molecule has 0 unspecified atom stereocenters. The number of aromatic nitrogens is 3. The number of benzene rings is 1. The molecule has 1 saturated heterocycles. The minimum Gasteiger partial charge on any atom is -0.335 e. The molecule has 2 atom stereocenters. The van der Waals surface area contributed by atoms with Gasteiger partial charge in [-0.2, -0.15) is 0 Å². The first-order valence-electron chi connectivity index (χ1n) is 8.55. The Labute approximate surface area is 139 Å². The molecule has 2 aromatic heterocycles. The van der Waals surface area contributed by atoms with Gasteiger partial charge in [0.25, 0.3) is 11.6 Å². The number of fused-ring (bicyclic) bond motifs is 4. The van der Waals surface area contributed by atoms with Gasteiger partial charge >= 0.3 is 0 Å². The SMILES string of the molecule is O=C(c1cnc2[nH+]c[nH]c2c1)N1CCC[C@@H]2c3ccccc3C[C@@H]21. The van der Waals surface area contributed by atoms with E-state index in [0.717, 1.165) is 30.6 Å². The predicted octanol–water partition coefficient (Wildman–Crippen LogP) is 2.32. The zero-order valence-electron chi connectivity index (χ0n) is 13.3. The molecule has 2 aliphatic rings. The predicted molar refractivity (Wildman–Crippen MR) is 89.6 cm³/mol. The van der Waals surface area contributed by atoms with Gasteiger partial charge in [0.1, 0.15) is 6.20 Å². The number of carbonyl (C=O) groups excluding carboxylic acids is 1. The fraction of sp³-hybridized carbons (Fsp3) is 0.316. The van der Waals surface area contributed by atoms with Gasteiger partial charge in [-0.3, -0.25) is 9.78 Å². The summed E-state index contributed by atoms with van der Waals surface area (Å²) in [4.78, 5) is 25.7. The molecule has 3 heterocycles. The van der Waals surface area contributed by atoms with Gasteiger partial charge in [0.15, 0.2) is 11.8 Å². The van der Waals surface area contributed by atoms with E-state index in [1.807, 2.05) is 6.07 Å². The first kappa shape index (κ1) is 13.7. The van der Waals surface area contributed by atoms with E-state index in [9.17, 15) is 4.79 Å². The summed E-state index contributed by atoms with van der Waals surface area (Å²) in [6.45, 7) is 0.836. The molecule has 1 amide bonds. The quantitative estimate of drug-likeness (QED) is 0.748. The Morgan fingerprint density at radius 3 is 3.21 bits per heavy atom. The zero-order valence-corrected chi connectivity index (χ0v) is 13.3. The summed E-state index contributed by atoms with van der Waals surface area (Å²) < 4.78 is 0. The summed E-state index contributed by atoms with van der Waals surface area (Å²) in [5.41, 5.74) is 5.14. The van der Waals surface area contributed by atoms with Crippen molar-refractivity contribution in [2.24, 2.45) is 0 Å². The Morgan fingerprint density at radius 2 is 2.25 bits per heavy atom. The summed E-state index contributed by atoms with van der Waals surface area (Å²) in [5, 5.41) is 0. The van der Waals surface area contributed by atoms with Crippen LogP contribution in [0.25, 0.3) is 11.2 Å². The van der Waals surface area contributed by atoms with Gasteiger partial charge in [0.05, 0.1) is 5.56 Å². The van der Waals surface area contributed by atoms with Crippen molar-refractivity contribution >= 4 is 17.1 Å². The summed E-state index contributed by atoms with van der Waals surface area (Å²) in [5.74, 6) is 0.580. The second-order valence-electron chi connectivity index (χ2n) is 6.77. The van der Waals surface area contributed by atoms with Crippen molar-refractivity contribution < 1.29 is 9.78 Å². The summed E-state index contributed by atoms with van der Waals surface area (Å²) in [6, 6.07) is 10.8. The Morgan fingerprint density at radius 1 is 1.33 bits per heavy atom. The van der Waals surface area contributed by atoms with Crippen LogP contribution in [0.15, 0.2) is 42.9 Å². The highest BCUT2D eigenvalue weighted by molar-refractivity contribution is 5.96. The van der Waals surface area contributed by atoms with Crippen molar-refractivity contribution in [2.75, 3.05) is 6.54 Å². The lowest BCUT2D eigenvalue weighted by molar-refractivity contribution is -0.347. The molecular weight excluding hydrogens is 300 g/mol. The second kappa shape index (κ2) is 5.16. The minimum absolute atomic E-state index is 0.0986. The van der Waals surface area contributed by atoms with Crippen molar-refractivity contribution in [2.45, 2.75) is 31.2 Å². The Kier molecular flexibility index (Phi) is 2.95. The van der Waals surface area contributed by atoms with Gasteiger partial charge in [0.2, 0.25) is 0 Å². The van der Waals surface area contributed by atoms with Crippen molar-refractivity contribution in [1.29, 1.82) is 0 Å². The highest BCUT2D eigenvalue weighted by Gasteiger charge is 2.40. The fourth-order valence-corrected chi connectivity index (χ4v) is 4.39. The number of carbonyl (C=O) groups is 1. The summed E-state index contributed by atoms with van der Waals surface area (Å²) in [7, 11) is 0. The maximum absolute atomic E-state index is 13.1. The smallest absolute Gasteiger partial charge is 0.299 e. The molecule has 2 N–H and O–H groups in total. The molecule has 0 bridgehead atoms. The molecule has 1 aromatic carbocycles. The van der Waals surface area contributed by atoms with Crippen LogP contribution in [0.2, 0.25) is 0 Å². The van der Waals surface area contributed by atoms with Crippen LogP contribution >= 0.6 is 0 Å². The Bertz CT molecular complexity index is 932. The molecule has 1 fully saturated rings. The summed E-state index contributed by atoms with van der Waals surface area (Å²) >= 11 is 0. The molecule has 0 radical (unpaired) electrons. The molecule has 24 heavy (non-hydrogen) atoms. The summed E-state index contributed by atoms with van der Waals surface area (Å²) in [6.07, 6.45) is 6.62. The van der Waals surface area contributed by atoms with E-state index in [-0.39, 0.29) is 11.9 Å². The van der Waals surface area contributed by atoms with Crippen molar-refractivity contribution in [3.05, 3.63) is 59.5 Å². The van der Waals surface area contributed by atoms with Gasteiger partial charge < -0.3 is 4.90 Å².